The molecule has 0 amide bonds. The Balaban J connectivity index is 1.09. The van der Waals surface area contributed by atoms with E-state index in [2.05, 4.69) is 32.3 Å². The smallest absolute Gasteiger partial charge is 0.162 e. The summed E-state index contributed by atoms with van der Waals surface area (Å²) in [6, 6.07) is 9.16. The van der Waals surface area contributed by atoms with E-state index in [-0.39, 0.29) is 17.4 Å². The van der Waals surface area contributed by atoms with E-state index in [0.29, 0.717) is 25.0 Å². The van der Waals surface area contributed by atoms with Crippen LogP contribution in [0.1, 0.15) is 43.0 Å². The van der Waals surface area contributed by atoms with Gasteiger partial charge in [-0.1, -0.05) is 12.1 Å². The fourth-order valence-corrected chi connectivity index (χ4v) is 5.40. The van der Waals surface area contributed by atoms with Crippen LogP contribution in [-0.2, 0) is 10.3 Å². The van der Waals surface area contributed by atoms with Gasteiger partial charge >= 0.3 is 0 Å². The van der Waals surface area contributed by atoms with E-state index in [1.807, 2.05) is 29.3 Å². The summed E-state index contributed by atoms with van der Waals surface area (Å²) in [4.78, 5) is 8.76. The summed E-state index contributed by atoms with van der Waals surface area (Å²) in [6.07, 6.45) is 8.40. The summed E-state index contributed by atoms with van der Waals surface area (Å²) in [5.74, 6) is 1.84. The number of aromatic nitrogens is 3. The van der Waals surface area contributed by atoms with Crippen molar-refractivity contribution in [2.75, 3.05) is 25.3 Å². The third-order valence-corrected chi connectivity index (χ3v) is 7.33. The highest BCUT2D eigenvalue weighted by atomic mass is 19.1. The van der Waals surface area contributed by atoms with Crippen molar-refractivity contribution in [3.8, 4) is 11.4 Å². The highest BCUT2D eigenvalue weighted by molar-refractivity contribution is 5.61. The minimum absolute atomic E-state index is 0.166. The van der Waals surface area contributed by atoms with Gasteiger partial charge in [-0.3, -0.25) is 5.53 Å². The number of hydrazine groups is 1. The molecule has 2 fully saturated rings. The molecular formula is C23H27FN6O. The molecule has 1 saturated heterocycles. The zero-order valence-electron chi connectivity index (χ0n) is 17.4. The Hall–Kier alpha value is -2.55. The Kier molecular flexibility index (Phi) is 4.66. The van der Waals surface area contributed by atoms with Crippen LogP contribution < -0.4 is 16.3 Å². The molecule has 0 bridgehead atoms. The average Bonchev–Trinajstić information content (AvgIpc) is 3.41. The zero-order valence-corrected chi connectivity index (χ0v) is 17.4. The summed E-state index contributed by atoms with van der Waals surface area (Å²) in [5.41, 5.74) is 10.0. The van der Waals surface area contributed by atoms with Gasteiger partial charge in [0, 0.05) is 11.8 Å². The molecule has 1 aromatic carbocycles. The summed E-state index contributed by atoms with van der Waals surface area (Å²) in [6.45, 7) is 2.27. The van der Waals surface area contributed by atoms with Gasteiger partial charge in [0.25, 0.3) is 0 Å². The molecule has 8 heteroatoms. The van der Waals surface area contributed by atoms with Crippen LogP contribution in [-0.4, -0.2) is 34.4 Å². The van der Waals surface area contributed by atoms with Crippen molar-refractivity contribution in [2.45, 2.75) is 37.3 Å². The minimum atomic E-state index is -0.196. The molecule has 3 N–H and O–H groups in total. The van der Waals surface area contributed by atoms with Crippen molar-refractivity contribution >= 4 is 0 Å². The molecule has 1 saturated carbocycles. The first-order chi connectivity index (χ1) is 15.2. The molecule has 4 aliphatic heterocycles. The minimum Gasteiger partial charge on any atom is -0.377 e. The van der Waals surface area contributed by atoms with E-state index in [9.17, 15) is 4.39 Å². The fourth-order valence-electron chi connectivity index (χ4n) is 5.40. The van der Waals surface area contributed by atoms with E-state index < -0.39 is 0 Å². The molecule has 1 atom stereocenters. The van der Waals surface area contributed by atoms with Crippen molar-refractivity contribution in [3.05, 3.63) is 59.9 Å². The second-order valence-electron chi connectivity index (χ2n) is 9.16. The van der Waals surface area contributed by atoms with Gasteiger partial charge in [-0.15, -0.1) is 0 Å². The lowest BCUT2D eigenvalue weighted by Gasteiger charge is -2.44. The maximum Gasteiger partial charge on any atom is 0.162 e. The highest BCUT2D eigenvalue weighted by Crippen LogP contribution is 2.41. The van der Waals surface area contributed by atoms with Gasteiger partial charge in [0.05, 0.1) is 30.5 Å². The van der Waals surface area contributed by atoms with Gasteiger partial charge in [-0.05, 0) is 67.8 Å². The molecule has 1 aromatic rings. The van der Waals surface area contributed by atoms with Crippen molar-refractivity contribution in [2.24, 2.45) is 11.8 Å². The molecule has 31 heavy (non-hydrogen) atoms. The lowest BCUT2D eigenvalue weighted by molar-refractivity contribution is -0.0807. The molecule has 7 nitrogen and oxygen atoms in total. The summed E-state index contributed by atoms with van der Waals surface area (Å²) < 4.78 is 20.8. The number of hydrogen-bond donors (Lipinski definition) is 3. The molecule has 6 rings (SSSR count). The topological polar surface area (TPSA) is 76.0 Å². The summed E-state index contributed by atoms with van der Waals surface area (Å²) in [5, 5.41) is 3.76. The molecule has 5 aliphatic rings. The number of rotatable bonds is 5. The van der Waals surface area contributed by atoms with Crippen LogP contribution in [0.3, 0.4) is 0 Å². The third-order valence-electron chi connectivity index (χ3n) is 7.33. The van der Waals surface area contributed by atoms with Crippen LogP contribution >= 0.6 is 0 Å². The molecule has 1 aliphatic carbocycles. The van der Waals surface area contributed by atoms with E-state index in [1.165, 1.54) is 43.5 Å². The first kappa shape index (κ1) is 19.2. The van der Waals surface area contributed by atoms with E-state index in [4.69, 9.17) is 4.74 Å². The Bertz CT molecular complexity index is 1020. The first-order valence-corrected chi connectivity index (χ1v) is 11.1. The Morgan fingerprint density at radius 2 is 1.90 bits per heavy atom. The molecule has 162 valence electrons. The zero-order chi connectivity index (χ0) is 20.8. The predicted octanol–water partition coefficient (Wildman–Crippen LogP) is 2.95. The van der Waals surface area contributed by atoms with E-state index in [0.717, 1.165) is 23.5 Å². The van der Waals surface area contributed by atoms with Crippen LogP contribution in [0.15, 0.2) is 42.9 Å². The predicted molar refractivity (Wildman–Crippen MR) is 114 cm³/mol. The molecule has 0 spiro atoms. The lowest BCUT2D eigenvalue weighted by atomic mass is 9.77. The standard InChI is InChI=1S/C23H27FN6O/c24-18-7-5-17(6-8-18)23(12-31-13-23)27-11-15-1-3-16(4-2-15)20-21-19-9-10-25-22(19)26-14-30(21)29-28-20/h5-10,14-16,20,27-29H,1-4,11-13H2. The van der Waals surface area contributed by atoms with Crippen molar-refractivity contribution in [3.63, 3.8) is 0 Å². The number of ether oxygens (including phenoxy) is 1. The Labute approximate surface area is 180 Å². The first-order valence-electron chi connectivity index (χ1n) is 11.1. The largest absolute Gasteiger partial charge is 0.377 e. The summed E-state index contributed by atoms with van der Waals surface area (Å²) in [7, 11) is 0. The normalized spacial score (nSPS) is 26.9. The van der Waals surface area contributed by atoms with Crippen LogP contribution in [0.4, 0.5) is 4.39 Å². The monoisotopic (exact) mass is 422 g/mol. The Morgan fingerprint density at radius 1 is 1.10 bits per heavy atom. The van der Waals surface area contributed by atoms with Gasteiger partial charge in [0.15, 0.2) is 5.82 Å². The van der Waals surface area contributed by atoms with Gasteiger partial charge in [0.1, 0.15) is 12.1 Å². The lowest BCUT2D eigenvalue weighted by Crippen LogP contribution is -2.58. The van der Waals surface area contributed by atoms with Crippen LogP contribution in [0, 0.1) is 17.7 Å². The van der Waals surface area contributed by atoms with Crippen molar-refractivity contribution < 1.29 is 9.13 Å². The second kappa shape index (κ2) is 7.55. The van der Waals surface area contributed by atoms with Crippen LogP contribution in [0.2, 0.25) is 0 Å². The number of nitrogens with zero attached hydrogens (tertiary/aromatic N) is 3. The number of nitrogens with one attached hydrogen (secondary N) is 3. The van der Waals surface area contributed by atoms with Gasteiger partial charge < -0.3 is 10.1 Å². The van der Waals surface area contributed by atoms with Crippen molar-refractivity contribution in [1.29, 1.82) is 0 Å². The SMILES string of the molecule is Fc1ccc(C2(NCC3CCC(C4NNn5cnc6nccc-6c54)CC3)COC2)cc1. The summed E-state index contributed by atoms with van der Waals surface area (Å²) >= 11 is 0. The van der Waals surface area contributed by atoms with E-state index in [1.54, 1.807) is 0 Å². The average molecular weight is 423 g/mol. The Morgan fingerprint density at radius 3 is 2.65 bits per heavy atom. The van der Waals surface area contributed by atoms with Gasteiger partial charge in [-0.25, -0.2) is 24.5 Å². The molecule has 4 heterocycles. The number of fused-ring (bicyclic) bond motifs is 3. The maximum atomic E-state index is 13.3. The highest BCUT2D eigenvalue weighted by Gasteiger charge is 2.41. The number of halogens is 1. The third kappa shape index (κ3) is 3.30. The van der Waals surface area contributed by atoms with Crippen LogP contribution in [0.5, 0.6) is 0 Å². The molecular weight excluding hydrogens is 395 g/mol. The van der Waals surface area contributed by atoms with E-state index >= 15 is 0 Å². The van der Waals surface area contributed by atoms with Gasteiger partial charge in [-0.2, -0.15) is 0 Å². The molecule has 0 aromatic heterocycles. The quantitative estimate of drug-likeness (QED) is 0.587. The molecule has 0 radical (unpaired) electrons. The number of benzene rings is 1. The second-order valence-corrected chi connectivity index (χ2v) is 9.16. The number of hydrogen-bond acceptors (Lipinski definition) is 6. The molecule has 1 unspecified atom stereocenters. The fraction of sp³-hybridized carbons (Fsp3) is 0.478. The van der Waals surface area contributed by atoms with Crippen LogP contribution in [0.25, 0.3) is 11.4 Å². The van der Waals surface area contributed by atoms with Gasteiger partial charge in [0.2, 0.25) is 0 Å². The van der Waals surface area contributed by atoms with Crippen molar-refractivity contribution in [1.82, 2.24) is 25.4 Å². The maximum absolute atomic E-state index is 13.3.